The fourth-order valence-corrected chi connectivity index (χ4v) is 2.75. The molecule has 8 nitrogen and oxygen atoms in total. The van der Waals surface area contributed by atoms with Gasteiger partial charge in [0.1, 0.15) is 0 Å². The normalized spacial score (nSPS) is 10.4. The molecule has 0 saturated heterocycles. The van der Waals surface area contributed by atoms with Crippen molar-refractivity contribution in [3.05, 3.63) is 60.2 Å². The van der Waals surface area contributed by atoms with Crippen molar-refractivity contribution >= 4 is 29.3 Å². The van der Waals surface area contributed by atoms with Crippen LogP contribution in [0.3, 0.4) is 0 Å². The van der Waals surface area contributed by atoms with E-state index in [9.17, 15) is 9.59 Å². The molecule has 0 spiro atoms. The van der Waals surface area contributed by atoms with Crippen LogP contribution in [0, 0.1) is 0 Å². The molecular weight excluding hydrogens is 342 g/mol. The highest BCUT2D eigenvalue weighted by Gasteiger charge is 2.12. The van der Waals surface area contributed by atoms with E-state index in [1.165, 1.54) is 23.9 Å². The molecule has 0 fully saturated rings. The third kappa shape index (κ3) is 4.21. The van der Waals surface area contributed by atoms with Crippen LogP contribution in [-0.4, -0.2) is 42.9 Å². The molecule has 0 aliphatic heterocycles. The van der Waals surface area contributed by atoms with Crippen LogP contribution in [0.4, 0.5) is 5.69 Å². The first kappa shape index (κ1) is 16.7. The van der Waals surface area contributed by atoms with Crippen molar-refractivity contribution in [3.8, 4) is 5.69 Å². The number of carboxylic acid groups (broad SMARTS) is 1. The van der Waals surface area contributed by atoms with Crippen molar-refractivity contribution in [1.82, 2.24) is 20.2 Å². The van der Waals surface area contributed by atoms with Crippen LogP contribution in [0.15, 0.2) is 59.8 Å². The fraction of sp³-hybridized carbons (Fsp3) is 0.0625. The van der Waals surface area contributed by atoms with Gasteiger partial charge in [0.05, 0.1) is 17.0 Å². The van der Waals surface area contributed by atoms with Gasteiger partial charge in [-0.25, -0.2) is 4.79 Å². The molecule has 0 aliphatic rings. The van der Waals surface area contributed by atoms with E-state index >= 15 is 0 Å². The van der Waals surface area contributed by atoms with Gasteiger partial charge in [-0.2, -0.15) is 4.68 Å². The van der Waals surface area contributed by atoms with Crippen LogP contribution in [0.1, 0.15) is 10.4 Å². The summed E-state index contributed by atoms with van der Waals surface area (Å²) >= 11 is 1.18. The number of carbonyl (C=O) groups excluding carboxylic acids is 1. The van der Waals surface area contributed by atoms with E-state index in [0.717, 1.165) is 5.69 Å². The van der Waals surface area contributed by atoms with Crippen molar-refractivity contribution in [2.24, 2.45) is 0 Å². The predicted octanol–water partition coefficient (Wildman–Crippen LogP) is 2.09. The Labute approximate surface area is 146 Å². The number of amides is 1. The van der Waals surface area contributed by atoms with Crippen LogP contribution in [-0.2, 0) is 4.79 Å². The molecule has 3 aromatic rings. The first-order chi connectivity index (χ1) is 12.1. The SMILES string of the molecule is O=C(CSc1nnnn1-c1ccccc1)Nc1cccc(C(=O)O)c1. The minimum atomic E-state index is -1.05. The number of carboxylic acids is 1. The molecule has 9 heteroatoms. The number of anilines is 1. The maximum absolute atomic E-state index is 12.1. The lowest BCUT2D eigenvalue weighted by Gasteiger charge is -2.06. The first-order valence-corrected chi connectivity index (χ1v) is 8.22. The van der Waals surface area contributed by atoms with Crippen molar-refractivity contribution in [2.75, 3.05) is 11.1 Å². The molecule has 2 N–H and O–H groups in total. The van der Waals surface area contributed by atoms with Crippen molar-refractivity contribution in [2.45, 2.75) is 5.16 Å². The summed E-state index contributed by atoms with van der Waals surface area (Å²) in [6.07, 6.45) is 0. The summed E-state index contributed by atoms with van der Waals surface area (Å²) in [7, 11) is 0. The monoisotopic (exact) mass is 355 g/mol. The van der Waals surface area contributed by atoms with Gasteiger partial charge in [-0.05, 0) is 40.8 Å². The number of thioether (sulfide) groups is 1. The Kier molecular flexibility index (Phi) is 5.05. The Morgan fingerprint density at radius 1 is 1.12 bits per heavy atom. The number of benzene rings is 2. The standard InChI is InChI=1S/C16H13N5O3S/c22-14(17-12-6-4-5-11(9-12)15(23)24)10-25-16-18-19-20-21(16)13-7-2-1-3-8-13/h1-9H,10H2,(H,17,22)(H,23,24). The van der Waals surface area contributed by atoms with Gasteiger partial charge in [0.15, 0.2) is 0 Å². The van der Waals surface area contributed by atoms with E-state index in [-0.39, 0.29) is 17.2 Å². The van der Waals surface area contributed by atoms with Gasteiger partial charge < -0.3 is 10.4 Å². The number of aromatic nitrogens is 4. The number of tetrazole rings is 1. The molecule has 126 valence electrons. The van der Waals surface area contributed by atoms with Crippen molar-refractivity contribution < 1.29 is 14.7 Å². The van der Waals surface area contributed by atoms with E-state index in [1.54, 1.807) is 16.8 Å². The maximum atomic E-state index is 12.1. The van der Waals surface area contributed by atoms with E-state index in [0.29, 0.717) is 10.8 Å². The molecule has 25 heavy (non-hydrogen) atoms. The van der Waals surface area contributed by atoms with E-state index in [1.807, 2.05) is 30.3 Å². The van der Waals surface area contributed by atoms with Gasteiger partial charge in [0.25, 0.3) is 0 Å². The minimum absolute atomic E-state index is 0.0878. The van der Waals surface area contributed by atoms with Crippen molar-refractivity contribution in [3.63, 3.8) is 0 Å². The molecule has 0 saturated carbocycles. The summed E-state index contributed by atoms with van der Waals surface area (Å²) < 4.78 is 1.54. The van der Waals surface area contributed by atoms with Crippen molar-refractivity contribution in [1.29, 1.82) is 0 Å². The van der Waals surface area contributed by atoms with Gasteiger partial charge in [0, 0.05) is 5.69 Å². The lowest BCUT2D eigenvalue weighted by Crippen LogP contribution is -2.15. The summed E-state index contributed by atoms with van der Waals surface area (Å²) in [6.45, 7) is 0. The van der Waals surface area contributed by atoms with E-state index < -0.39 is 5.97 Å². The summed E-state index contributed by atoms with van der Waals surface area (Å²) in [5.41, 5.74) is 1.33. The molecule has 0 aliphatic carbocycles. The maximum Gasteiger partial charge on any atom is 0.335 e. The first-order valence-electron chi connectivity index (χ1n) is 7.23. The summed E-state index contributed by atoms with van der Waals surface area (Å²) in [4.78, 5) is 23.0. The van der Waals surface area contributed by atoms with Gasteiger partial charge in [-0.15, -0.1) is 5.10 Å². The second kappa shape index (κ2) is 7.58. The van der Waals surface area contributed by atoms with Gasteiger partial charge in [0.2, 0.25) is 11.1 Å². The van der Waals surface area contributed by atoms with Gasteiger partial charge in [-0.1, -0.05) is 36.0 Å². The summed E-state index contributed by atoms with van der Waals surface area (Å²) in [5, 5.41) is 23.6. The molecule has 0 radical (unpaired) electrons. The Morgan fingerprint density at radius 2 is 1.92 bits per heavy atom. The summed E-state index contributed by atoms with van der Waals surface area (Å²) in [5.74, 6) is -1.24. The third-order valence-corrected chi connectivity index (χ3v) is 4.09. The molecule has 0 atom stereocenters. The number of nitrogens with one attached hydrogen (secondary N) is 1. The molecule has 3 rings (SSSR count). The molecule has 0 bridgehead atoms. The highest BCUT2D eigenvalue weighted by atomic mass is 32.2. The number of nitrogens with zero attached hydrogens (tertiary/aromatic N) is 4. The molecule has 2 aromatic carbocycles. The molecule has 1 amide bonds. The van der Waals surface area contributed by atoms with Gasteiger partial charge >= 0.3 is 5.97 Å². The lowest BCUT2D eigenvalue weighted by molar-refractivity contribution is -0.113. The lowest BCUT2D eigenvalue weighted by atomic mass is 10.2. The van der Waals surface area contributed by atoms with E-state index in [2.05, 4.69) is 20.8 Å². The third-order valence-electron chi connectivity index (χ3n) is 3.17. The average Bonchev–Trinajstić information content (AvgIpc) is 3.09. The highest BCUT2D eigenvalue weighted by Crippen LogP contribution is 2.18. The number of para-hydroxylation sites is 1. The van der Waals surface area contributed by atoms with Crippen LogP contribution in [0.25, 0.3) is 5.69 Å². The Balaban J connectivity index is 1.63. The summed E-state index contributed by atoms with van der Waals surface area (Å²) in [6, 6.07) is 15.4. The predicted molar refractivity (Wildman–Crippen MR) is 91.9 cm³/mol. The van der Waals surface area contributed by atoms with Crippen LogP contribution >= 0.6 is 11.8 Å². The molecule has 1 heterocycles. The second-order valence-corrected chi connectivity index (χ2v) is 5.87. The highest BCUT2D eigenvalue weighted by molar-refractivity contribution is 7.99. The Hall–Kier alpha value is -3.20. The zero-order valence-electron chi connectivity index (χ0n) is 12.9. The number of carbonyl (C=O) groups is 2. The second-order valence-electron chi connectivity index (χ2n) is 4.93. The minimum Gasteiger partial charge on any atom is -0.478 e. The quantitative estimate of drug-likeness (QED) is 0.651. The molecular formula is C16H13N5O3S. The number of aromatic carboxylic acids is 1. The molecule has 1 aromatic heterocycles. The fourth-order valence-electron chi connectivity index (χ4n) is 2.06. The smallest absolute Gasteiger partial charge is 0.335 e. The Morgan fingerprint density at radius 3 is 2.68 bits per heavy atom. The average molecular weight is 355 g/mol. The largest absolute Gasteiger partial charge is 0.478 e. The van der Waals surface area contributed by atoms with Gasteiger partial charge in [-0.3, -0.25) is 4.79 Å². The topological polar surface area (TPSA) is 110 Å². The van der Waals surface area contributed by atoms with Crippen LogP contribution < -0.4 is 5.32 Å². The van der Waals surface area contributed by atoms with Crippen LogP contribution in [0.5, 0.6) is 0 Å². The van der Waals surface area contributed by atoms with E-state index in [4.69, 9.17) is 5.11 Å². The number of hydrogen-bond donors (Lipinski definition) is 2. The number of hydrogen-bond acceptors (Lipinski definition) is 6. The zero-order valence-corrected chi connectivity index (χ0v) is 13.7. The zero-order chi connectivity index (χ0) is 17.6. The Bertz CT molecular complexity index is 898. The van der Waals surface area contributed by atoms with Crippen LogP contribution in [0.2, 0.25) is 0 Å². The molecule has 0 unspecified atom stereocenters. The number of rotatable bonds is 6.